The van der Waals surface area contributed by atoms with Crippen LogP contribution in [0.15, 0.2) is 77.8 Å². The highest BCUT2D eigenvalue weighted by molar-refractivity contribution is 5.92. The Kier molecular flexibility index (Phi) is 21.4. The van der Waals surface area contributed by atoms with E-state index in [-0.39, 0.29) is 69.3 Å². The average Bonchev–Trinajstić information content (AvgIpc) is 3.71. The van der Waals surface area contributed by atoms with Crippen LogP contribution in [-0.4, -0.2) is 109 Å². The summed E-state index contributed by atoms with van der Waals surface area (Å²) >= 11 is 0. The summed E-state index contributed by atoms with van der Waals surface area (Å²) in [7, 11) is 0. The van der Waals surface area contributed by atoms with E-state index in [0.717, 1.165) is 22.4 Å². The fourth-order valence-electron chi connectivity index (χ4n) is 6.74. The predicted molar refractivity (Wildman–Crippen MR) is 252 cm³/mol. The molecule has 0 saturated carbocycles. The van der Waals surface area contributed by atoms with Gasteiger partial charge in [-0.05, 0) is 86.6 Å². The van der Waals surface area contributed by atoms with E-state index in [4.69, 9.17) is 15.3 Å². The Morgan fingerprint density at radius 1 is 0.776 bits per heavy atom. The number of aliphatic imine (C=N–C) groups is 1. The van der Waals surface area contributed by atoms with Gasteiger partial charge in [-0.1, -0.05) is 55.5 Å². The second-order valence-electron chi connectivity index (χ2n) is 16.6. The van der Waals surface area contributed by atoms with Crippen LogP contribution in [0.2, 0.25) is 0 Å². The minimum atomic E-state index is -0.969. The number of benzene rings is 3. The number of carbonyl (C=O) groups excluding carboxylic acids is 6. The first kappa shape index (κ1) is 52.5. The molecule has 8 amide bonds. The van der Waals surface area contributed by atoms with Gasteiger partial charge in [0.25, 0.3) is 0 Å². The summed E-state index contributed by atoms with van der Waals surface area (Å²) < 4.78 is 5.15. The van der Waals surface area contributed by atoms with Gasteiger partial charge in [-0.15, -0.1) is 0 Å². The number of phenolic OH excluding ortho intramolecular Hbond substituents is 1. The highest BCUT2D eigenvalue weighted by Crippen LogP contribution is 2.33. The lowest BCUT2D eigenvalue weighted by atomic mass is 10.0. The molecule has 0 spiro atoms. The van der Waals surface area contributed by atoms with Crippen LogP contribution in [0.4, 0.5) is 20.1 Å². The number of ether oxygens (including phenoxy) is 1. The summed E-state index contributed by atoms with van der Waals surface area (Å²) in [5.74, 6) is -0.976. The number of alkyl carbamates (subject to hydrolysis) is 1. The van der Waals surface area contributed by atoms with Crippen molar-refractivity contribution in [1.29, 1.82) is 0 Å². The third kappa shape index (κ3) is 19.9. The van der Waals surface area contributed by atoms with E-state index < -0.39 is 41.7 Å². The Balaban J connectivity index is 1.37. The van der Waals surface area contributed by atoms with Crippen molar-refractivity contribution in [3.63, 3.8) is 0 Å². The van der Waals surface area contributed by atoms with Gasteiger partial charge in [-0.3, -0.25) is 24.1 Å². The van der Waals surface area contributed by atoms with Crippen LogP contribution >= 0.6 is 0 Å². The number of fused-ring (bicyclic) bond motifs is 1. The molecule has 12 N–H and O–H groups in total. The highest BCUT2D eigenvalue weighted by Gasteiger charge is 2.34. The topological polar surface area (TPSA) is 291 Å². The number of phenols is 1. The molecule has 0 aliphatic carbocycles. The van der Waals surface area contributed by atoms with Crippen LogP contribution in [0.1, 0.15) is 81.7 Å². The Bertz CT molecular complexity index is 2110. The van der Waals surface area contributed by atoms with Gasteiger partial charge < -0.3 is 58.1 Å². The maximum absolute atomic E-state index is 14.6. The number of hydrogen-bond donors (Lipinski definition) is 11. The molecule has 1 aliphatic rings. The molecule has 0 aromatic heterocycles. The number of nitrogens with zero attached hydrogens (tertiary/aromatic N) is 2. The number of hydrogen-bond acceptors (Lipinski definition) is 11. The minimum Gasteiger partial charge on any atom is -0.508 e. The van der Waals surface area contributed by atoms with Crippen molar-refractivity contribution in [3.05, 3.63) is 95.1 Å². The molecular formula is C46H66N12O9. The number of amides is 8. The molecule has 2 atom stereocenters. The Labute approximate surface area is 391 Å². The van der Waals surface area contributed by atoms with Gasteiger partial charge in [0.2, 0.25) is 17.7 Å². The maximum Gasteiger partial charge on any atom is 0.407 e. The number of aromatic hydroxyl groups is 1. The van der Waals surface area contributed by atoms with Gasteiger partial charge in [0.15, 0.2) is 5.96 Å². The molecule has 3 aromatic rings. The number of rotatable bonds is 24. The van der Waals surface area contributed by atoms with Crippen LogP contribution in [0.25, 0.3) is 0 Å². The quantitative estimate of drug-likeness (QED) is 0.0267. The van der Waals surface area contributed by atoms with Gasteiger partial charge in [-0.25, -0.2) is 19.9 Å². The first-order valence-corrected chi connectivity index (χ1v) is 22.4. The minimum absolute atomic E-state index is 0.0400. The number of guanidine groups is 1. The molecule has 364 valence electrons. The summed E-state index contributed by atoms with van der Waals surface area (Å²) in [6.45, 7) is 9.81. The maximum atomic E-state index is 14.6. The smallest absolute Gasteiger partial charge is 0.407 e. The van der Waals surface area contributed by atoms with Gasteiger partial charge in [-0.2, -0.15) is 4.99 Å². The van der Waals surface area contributed by atoms with Crippen molar-refractivity contribution in [2.45, 2.75) is 90.7 Å². The molecule has 0 bridgehead atoms. The van der Waals surface area contributed by atoms with Crippen molar-refractivity contribution in [2.24, 2.45) is 10.7 Å². The molecule has 0 saturated heterocycles. The molecule has 67 heavy (non-hydrogen) atoms. The SMILES string of the molecule is CCC(=O)NCCNC(=O)/N=C(/N)NCCC[C@@H](NC(=O)[C@H](c1cccc(NCCCNC(=O)NOCCNC(=O)OC(C)(C)C)c1)N1Cc2ccccc2C1)C(=O)NCc1ccc(O)cc1. The van der Waals surface area contributed by atoms with Gasteiger partial charge in [0.05, 0.1) is 6.61 Å². The summed E-state index contributed by atoms with van der Waals surface area (Å²) in [5.41, 5.74) is 12.0. The number of carbonyl (C=O) groups is 6. The van der Waals surface area contributed by atoms with E-state index in [9.17, 15) is 33.9 Å². The molecule has 4 rings (SSSR count). The lowest BCUT2D eigenvalue weighted by molar-refractivity contribution is -0.132. The van der Waals surface area contributed by atoms with Gasteiger partial charge >= 0.3 is 18.2 Å². The molecule has 1 heterocycles. The van der Waals surface area contributed by atoms with E-state index in [2.05, 4.69) is 57.9 Å². The summed E-state index contributed by atoms with van der Waals surface area (Å²) in [5, 5.41) is 32.3. The first-order chi connectivity index (χ1) is 32.1. The zero-order chi connectivity index (χ0) is 48.6. The van der Waals surface area contributed by atoms with E-state index in [0.29, 0.717) is 51.0 Å². The normalized spacial score (nSPS) is 13.2. The molecule has 0 unspecified atom stereocenters. The molecule has 0 fully saturated rings. The average molecular weight is 931 g/mol. The number of anilines is 1. The van der Waals surface area contributed by atoms with Crippen molar-refractivity contribution >= 4 is 47.5 Å². The second kappa shape index (κ2) is 27.4. The third-order valence-electron chi connectivity index (χ3n) is 9.96. The standard InChI is InChI=1S/C46H66N12O9/c1-5-38(60)49-23-24-52-43(63)56-42(47)50-20-9-15-37(40(61)54-28-31-16-18-36(59)19-17-31)55-41(62)39(58-29-33-11-6-7-12-34(33)30-58)32-13-8-14-35(27-32)48-21-10-22-51-44(64)57-66-26-25-53-45(65)67-46(2,3)4/h6-8,11-14,16-19,27,37,39,48,59H,5,9-10,15,20-26,28-30H2,1-4H3,(H,49,60)(H,53,65)(H,54,61)(H,55,62)(H2,51,57,64)(H4,47,50,52,56,63)/t37-,39+/m1/s1. The molecule has 3 aromatic carbocycles. The Morgan fingerprint density at radius 3 is 2.18 bits per heavy atom. The Hall–Kier alpha value is -7.13. The molecule has 21 heteroatoms. The van der Waals surface area contributed by atoms with Gasteiger partial charge in [0.1, 0.15) is 23.4 Å². The molecule has 21 nitrogen and oxygen atoms in total. The lowest BCUT2D eigenvalue weighted by Crippen LogP contribution is -2.50. The number of hydroxylamine groups is 1. The fraction of sp³-hybridized carbons (Fsp3) is 0.457. The second-order valence-corrected chi connectivity index (χ2v) is 16.6. The van der Waals surface area contributed by atoms with E-state index >= 15 is 0 Å². The van der Waals surface area contributed by atoms with Gasteiger partial charge in [0, 0.05) is 71.0 Å². The summed E-state index contributed by atoms with van der Waals surface area (Å²) in [6.07, 6.45) is 0.867. The zero-order valence-electron chi connectivity index (χ0n) is 38.7. The monoisotopic (exact) mass is 931 g/mol. The van der Waals surface area contributed by atoms with Crippen LogP contribution in [0.3, 0.4) is 0 Å². The Morgan fingerprint density at radius 2 is 1.48 bits per heavy atom. The van der Waals surface area contributed by atoms with E-state index in [1.165, 1.54) is 12.1 Å². The summed E-state index contributed by atoms with van der Waals surface area (Å²) in [4.78, 5) is 86.9. The number of nitrogens with two attached hydrogens (primary N) is 1. The summed E-state index contributed by atoms with van der Waals surface area (Å²) in [6, 6.07) is 18.9. The highest BCUT2D eigenvalue weighted by atomic mass is 16.7. The van der Waals surface area contributed by atoms with Crippen molar-refractivity contribution in [2.75, 3.05) is 51.2 Å². The zero-order valence-corrected chi connectivity index (χ0v) is 38.7. The van der Waals surface area contributed by atoms with Crippen molar-refractivity contribution < 1.29 is 43.4 Å². The van der Waals surface area contributed by atoms with Crippen molar-refractivity contribution in [1.82, 2.24) is 47.6 Å². The first-order valence-electron chi connectivity index (χ1n) is 22.4. The fourth-order valence-corrected chi connectivity index (χ4v) is 6.74. The molecular weight excluding hydrogens is 865 g/mol. The third-order valence-corrected chi connectivity index (χ3v) is 9.96. The molecule has 0 radical (unpaired) electrons. The predicted octanol–water partition coefficient (Wildman–Crippen LogP) is 2.73. The van der Waals surface area contributed by atoms with Crippen molar-refractivity contribution in [3.8, 4) is 5.75 Å². The van der Waals surface area contributed by atoms with Crippen LogP contribution in [0.5, 0.6) is 5.75 Å². The number of nitrogens with one attached hydrogen (secondary N) is 9. The van der Waals surface area contributed by atoms with Crippen LogP contribution in [-0.2, 0) is 43.6 Å². The number of urea groups is 2. The largest absolute Gasteiger partial charge is 0.508 e. The molecule has 1 aliphatic heterocycles. The van der Waals surface area contributed by atoms with E-state index in [1.54, 1.807) is 39.8 Å². The van der Waals surface area contributed by atoms with E-state index in [1.807, 2.05) is 48.5 Å². The lowest BCUT2D eigenvalue weighted by Gasteiger charge is -2.29. The van der Waals surface area contributed by atoms with Crippen LogP contribution < -0.4 is 53.7 Å². The van der Waals surface area contributed by atoms with Crippen LogP contribution in [0, 0.1) is 0 Å².